The van der Waals surface area contributed by atoms with Gasteiger partial charge in [0.1, 0.15) is 5.75 Å². The third kappa shape index (κ3) is 3.74. The van der Waals surface area contributed by atoms with Crippen LogP contribution in [0.25, 0.3) is 0 Å². The first kappa shape index (κ1) is 15.8. The lowest BCUT2D eigenvalue weighted by Gasteiger charge is -2.39. The van der Waals surface area contributed by atoms with Crippen LogP contribution >= 0.6 is 0 Å². The summed E-state index contributed by atoms with van der Waals surface area (Å²) in [6, 6.07) is 5.28. The van der Waals surface area contributed by atoms with Crippen LogP contribution in [0.2, 0.25) is 0 Å². The van der Waals surface area contributed by atoms with Crippen LogP contribution in [0.3, 0.4) is 0 Å². The lowest BCUT2D eigenvalue weighted by molar-refractivity contribution is -0.129. The molecule has 2 rings (SSSR count). The van der Waals surface area contributed by atoms with Gasteiger partial charge in [0.2, 0.25) is 5.91 Å². The number of methoxy groups -OCH3 is 1. The van der Waals surface area contributed by atoms with Gasteiger partial charge in [-0.15, -0.1) is 0 Å². The number of rotatable bonds is 7. The highest BCUT2D eigenvalue weighted by molar-refractivity contribution is 5.91. The van der Waals surface area contributed by atoms with Gasteiger partial charge in [-0.05, 0) is 44.4 Å². The van der Waals surface area contributed by atoms with Crippen LogP contribution in [0.1, 0.15) is 38.2 Å². The second-order valence-corrected chi connectivity index (χ2v) is 5.38. The van der Waals surface area contributed by atoms with Gasteiger partial charge in [0.05, 0.1) is 25.2 Å². The highest BCUT2D eigenvalue weighted by Crippen LogP contribution is 2.38. The minimum Gasteiger partial charge on any atom is -0.494 e. The Morgan fingerprint density at radius 3 is 2.71 bits per heavy atom. The smallest absolute Gasteiger partial charge is 0.227 e. The zero-order valence-electron chi connectivity index (χ0n) is 12.6. The number of aliphatic hydroxyl groups excluding tert-OH is 1. The van der Waals surface area contributed by atoms with E-state index in [1.54, 1.807) is 25.3 Å². The van der Waals surface area contributed by atoms with Gasteiger partial charge in [-0.25, -0.2) is 0 Å². The fourth-order valence-corrected chi connectivity index (χ4v) is 2.60. The van der Waals surface area contributed by atoms with E-state index in [0.717, 1.165) is 19.3 Å². The maximum Gasteiger partial charge on any atom is 0.227 e. The average molecular weight is 293 g/mol. The van der Waals surface area contributed by atoms with Crippen molar-refractivity contribution in [2.75, 3.05) is 19.0 Å². The molecule has 0 aliphatic heterocycles. The molecule has 21 heavy (non-hydrogen) atoms. The number of benzene rings is 1. The van der Waals surface area contributed by atoms with Gasteiger partial charge in [-0.2, -0.15) is 0 Å². The molecular weight excluding hydrogens is 270 g/mol. The normalized spacial score (nSPS) is 16.1. The zero-order chi connectivity index (χ0) is 15.3. The monoisotopic (exact) mass is 293 g/mol. The number of nitrogens with one attached hydrogen (secondary N) is 1. The summed E-state index contributed by atoms with van der Waals surface area (Å²) in [7, 11) is 1.66. The van der Waals surface area contributed by atoms with Crippen LogP contribution in [0, 0.1) is 0 Å². The molecule has 2 N–H and O–H groups in total. The van der Waals surface area contributed by atoms with Crippen molar-refractivity contribution >= 4 is 11.6 Å². The Morgan fingerprint density at radius 1 is 1.43 bits per heavy atom. The van der Waals surface area contributed by atoms with Crippen molar-refractivity contribution in [3.63, 3.8) is 0 Å². The third-order valence-corrected chi connectivity index (χ3v) is 3.99. The Labute approximate surface area is 125 Å². The van der Waals surface area contributed by atoms with Crippen LogP contribution in [-0.4, -0.2) is 30.3 Å². The van der Waals surface area contributed by atoms with E-state index < -0.39 is 0 Å². The Kier molecular flexibility index (Phi) is 5.20. The molecule has 0 spiro atoms. The molecule has 1 amide bonds. The van der Waals surface area contributed by atoms with E-state index in [4.69, 9.17) is 9.47 Å². The van der Waals surface area contributed by atoms with E-state index >= 15 is 0 Å². The molecule has 0 atom stereocenters. The maximum atomic E-state index is 12.1. The number of ether oxygens (including phenoxy) is 2. The second kappa shape index (κ2) is 6.91. The maximum absolute atomic E-state index is 12.1. The van der Waals surface area contributed by atoms with Gasteiger partial charge in [-0.3, -0.25) is 4.79 Å². The van der Waals surface area contributed by atoms with Gasteiger partial charge in [0.25, 0.3) is 0 Å². The van der Waals surface area contributed by atoms with Crippen molar-refractivity contribution in [2.45, 2.75) is 44.8 Å². The summed E-state index contributed by atoms with van der Waals surface area (Å²) in [6.07, 6.45) is 3.34. The first-order valence-corrected chi connectivity index (χ1v) is 7.34. The highest BCUT2D eigenvalue weighted by atomic mass is 16.5. The molecule has 0 radical (unpaired) electrons. The van der Waals surface area contributed by atoms with E-state index in [9.17, 15) is 9.90 Å². The molecule has 0 aromatic heterocycles. The van der Waals surface area contributed by atoms with Crippen molar-refractivity contribution in [2.24, 2.45) is 0 Å². The fourth-order valence-electron chi connectivity index (χ4n) is 2.60. The van der Waals surface area contributed by atoms with Crippen LogP contribution in [0.5, 0.6) is 5.75 Å². The van der Waals surface area contributed by atoms with Gasteiger partial charge in [-0.1, -0.05) is 0 Å². The first-order valence-electron chi connectivity index (χ1n) is 7.34. The van der Waals surface area contributed by atoms with Crippen molar-refractivity contribution in [1.82, 2.24) is 0 Å². The van der Waals surface area contributed by atoms with Crippen molar-refractivity contribution in [3.8, 4) is 5.75 Å². The zero-order valence-corrected chi connectivity index (χ0v) is 12.6. The molecule has 0 bridgehead atoms. The number of hydrogen-bond donors (Lipinski definition) is 2. The molecular formula is C16H23NO4. The standard InChI is InChI=1S/C16H23NO4/c1-3-21-14-6-5-13(9-12(14)11-18)17-15(19)10-16(20-2)7-4-8-16/h5-6,9,18H,3-4,7-8,10-11H2,1-2H3,(H,17,19). The molecule has 1 aliphatic rings. The molecule has 1 aromatic rings. The van der Waals surface area contributed by atoms with Crippen LogP contribution in [-0.2, 0) is 16.1 Å². The number of hydrogen-bond acceptors (Lipinski definition) is 4. The molecule has 0 saturated heterocycles. The van der Waals surface area contributed by atoms with E-state index in [0.29, 0.717) is 30.0 Å². The molecule has 5 heteroatoms. The van der Waals surface area contributed by atoms with Gasteiger partial charge in [0.15, 0.2) is 0 Å². The number of carbonyl (C=O) groups excluding carboxylic acids is 1. The second-order valence-electron chi connectivity index (χ2n) is 5.38. The Morgan fingerprint density at radius 2 is 2.19 bits per heavy atom. The Hall–Kier alpha value is -1.59. The largest absolute Gasteiger partial charge is 0.494 e. The molecule has 1 aromatic carbocycles. The number of aliphatic hydroxyl groups is 1. The molecule has 5 nitrogen and oxygen atoms in total. The summed E-state index contributed by atoms with van der Waals surface area (Å²) in [5.74, 6) is 0.579. The number of anilines is 1. The highest BCUT2D eigenvalue weighted by Gasteiger charge is 2.38. The van der Waals surface area contributed by atoms with Crippen LogP contribution in [0.4, 0.5) is 5.69 Å². The quantitative estimate of drug-likeness (QED) is 0.810. The molecule has 1 saturated carbocycles. The van der Waals surface area contributed by atoms with Crippen LogP contribution < -0.4 is 10.1 Å². The molecule has 0 heterocycles. The Bertz CT molecular complexity index is 492. The molecule has 1 fully saturated rings. The lowest BCUT2D eigenvalue weighted by Crippen LogP contribution is -2.42. The average Bonchev–Trinajstić information content (AvgIpc) is 2.44. The minimum atomic E-state index is -0.283. The predicted molar refractivity (Wildman–Crippen MR) is 80.4 cm³/mol. The molecule has 1 aliphatic carbocycles. The summed E-state index contributed by atoms with van der Waals surface area (Å²) in [4.78, 5) is 12.1. The number of amides is 1. The van der Waals surface area contributed by atoms with Crippen LogP contribution in [0.15, 0.2) is 18.2 Å². The van der Waals surface area contributed by atoms with Gasteiger partial charge >= 0.3 is 0 Å². The lowest BCUT2D eigenvalue weighted by atomic mass is 9.77. The summed E-state index contributed by atoms with van der Waals surface area (Å²) in [5.41, 5.74) is 1.05. The summed E-state index contributed by atoms with van der Waals surface area (Å²) < 4.78 is 10.9. The fraction of sp³-hybridized carbons (Fsp3) is 0.562. The summed E-state index contributed by atoms with van der Waals surface area (Å²) >= 11 is 0. The van der Waals surface area contributed by atoms with Gasteiger partial charge in [0, 0.05) is 18.4 Å². The molecule has 0 unspecified atom stereocenters. The van der Waals surface area contributed by atoms with E-state index in [2.05, 4.69) is 5.32 Å². The topological polar surface area (TPSA) is 67.8 Å². The number of carbonyl (C=O) groups is 1. The third-order valence-electron chi connectivity index (χ3n) is 3.99. The van der Waals surface area contributed by atoms with E-state index in [1.165, 1.54) is 0 Å². The van der Waals surface area contributed by atoms with Crippen molar-refractivity contribution in [1.29, 1.82) is 0 Å². The first-order chi connectivity index (χ1) is 10.1. The molecule has 116 valence electrons. The Balaban J connectivity index is 2.00. The SMILES string of the molecule is CCOc1ccc(NC(=O)CC2(OC)CCC2)cc1CO. The van der Waals surface area contributed by atoms with E-state index in [-0.39, 0.29) is 18.1 Å². The predicted octanol–water partition coefficient (Wildman–Crippen LogP) is 2.48. The van der Waals surface area contributed by atoms with Gasteiger partial charge < -0.3 is 19.9 Å². The summed E-state index contributed by atoms with van der Waals surface area (Å²) in [5, 5.41) is 12.2. The van der Waals surface area contributed by atoms with Crippen molar-refractivity contribution in [3.05, 3.63) is 23.8 Å². The summed E-state index contributed by atoms with van der Waals surface area (Å²) in [6.45, 7) is 2.30. The minimum absolute atomic E-state index is 0.0652. The van der Waals surface area contributed by atoms with Crippen molar-refractivity contribution < 1.29 is 19.4 Å². The van der Waals surface area contributed by atoms with E-state index in [1.807, 2.05) is 6.92 Å².